The zero-order valence-corrected chi connectivity index (χ0v) is 23.4. The molecular formula is C32H30O12. The van der Waals surface area contributed by atoms with Gasteiger partial charge in [-0.15, -0.1) is 0 Å². The fourth-order valence-corrected chi connectivity index (χ4v) is 6.19. The molecule has 230 valence electrons. The van der Waals surface area contributed by atoms with Crippen LogP contribution in [0.15, 0.2) is 48.5 Å². The number of phenols is 8. The molecule has 0 amide bonds. The zero-order valence-electron chi connectivity index (χ0n) is 23.4. The van der Waals surface area contributed by atoms with Gasteiger partial charge in [-0.05, 0) is 42.3 Å². The van der Waals surface area contributed by atoms with Gasteiger partial charge in [0.05, 0.1) is 5.92 Å². The summed E-state index contributed by atoms with van der Waals surface area (Å²) in [7, 11) is 0. The predicted octanol–water partition coefficient (Wildman–Crippen LogP) is 3.86. The highest BCUT2D eigenvalue weighted by molar-refractivity contribution is 5.68. The van der Waals surface area contributed by atoms with E-state index in [4.69, 9.17) is 9.47 Å². The first-order chi connectivity index (χ1) is 20.8. The molecule has 4 aromatic carbocycles. The first kappa shape index (κ1) is 28.9. The number of aliphatic hydroxyl groups excluding tert-OH is 2. The number of fused-ring (bicyclic) bond motifs is 2. The van der Waals surface area contributed by atoms with Crippen molar-refractivity contribution in [1.82, 2.24) is 0 Å². The molecule has 6 rings (SSSR count). The molecule has 12 heteroatoms. The molecule has 0 aromatic heterocycles. The molecule has 0 radical (unpaired) electrons. The fraction of sp³-hybridized carbons (Fsp3) is 0.250. The molecule has 10 N–H and O–H groups in total. The van der Waals surface area contributed by atoms with Crippen LogP contribution in [0.1, 0.15) is 64.3 Å². The molecule has 0 bridgehead atoms. The van der Waals surface area contributed by atoms with E-state index in [-0.39, 0.29) is 50.6 Å². The second kappa shape index (κ2) is 10.2. The van der Waals surface area contributed by atoms with Crippen LogP contribution in [0.3, 0.4) is 0 Å². The predicted molar refractivity (Wildman–Crippen MR) is 153 cm³/mol. The Hall–Kier alpha value is -5.20. The van der Waals surface area contributed by atoms with Crippen molar-refractivity contribution < 1.29 is 60.5 Å². The monoisotopic (exact) mass is 606 g/mol. The van der Waals surface area contributed by atoms with Gasteiger partial charge in [-0.25, -0.2) is 0 Å². The van der Waals surface area contributed by atoms with Crippen LogP contribution in [0, 0.1) is 6.92 Å². The van der Waals surface area contributed by atoms with E-state index in [0.717, 1.165) is 12.1 Å². The first-order valence-corrected chi connectivity index (χ1v) is 13.7. The van der Waals surface area contributed by atoms with E-state index < -0.39 is 76.5 Å². The van der Waals surface area contributed by atoms with Crippen LogP contribution in [0.4, 0.5) is 0 Å². The van der Waals surface area contributed by atoms with Crippen molar-refractivity contribution in [2.24, 2.45) is 0 Å². The lowest BCUT2D eigenvalue weighted by Gasteiger charge is -2.42. The van der Waals surface area contributed by atoms with Crippen LogP contribution in [-0.2, 0) is 0 Å². The smallest absolute Gasteiger partial charge is 0.157 e. The molecule has 2 aliphatic heterocycles. The van der Waals surface area contributed by atoms with E-state index in [9.17, 15) is 51.1 Å². The van der Waals surface area contributed by atoms with E-state index >= 15 is 0 Å². The Morgan fingerprint density at radius 1 is 0.500 bits per heavy atom. The maximum atomic E-state index is 11.9. The SMILES string of the molecule is Cc1c(O)cc(O)c2c1O[C@H](c1ccc(O)c(O)c1)[C@H](O)[C@H]2c1c(O)cc(O)c2c1O[C@H](c1ccc(O)c(O)c1)[C@H](O)[C@H]2C. The van der Waals surface area contributed by atoms with Crippen molar-refractivity contribution in [2.45, 2.75) is 50.1 Å². The molecule has 4 aromatic rings. The molecule has 44 heavy (non-hydrogen) atoms. The van der Waals surface area contributed by atoms with Gasteiger partial charge in [0.1, 0.15) is 46.7 Å². The Bertz CT molecular complexity index is 1800. The van der Waals surface area contributed by atoms with Gasteiger partial charge in [0.15, 0.2) is 35.2 Å². The highest BCUT2D eigenvalue weighted by atomic mass is 16.5. The molecule has 0 aliphatic carbocycles. The molecule has 0 unspecified atom stereocenters. The van der Waals surface area contributed by atoms with E-state index in [1.807, 2.05) is 0 Å². The molecule has 0 fully saturated rings. The van der Waals surface area contributed by atoms with Gasteiger partial charge in [0.25, 0.3) is 0 Å². The van der Waals surface area contributed by atoms with E-state index in [0.29, 0.717) is 0 Å². The number of rotatable bonds is 3. The molecular weight excluding hydrogens is 576 g/mol. The zero-order chi connectivity index (χ0) is 31.8. The number of aromatic hydroxyl groups is 8. The second-order valence-electron chi connectivity index (χ2n) is 11.2. The van der Waals surface area contributed by atoms with Crippen molar-refractivity contribution in [3.63, 3.8) is 0 Å². The molecule has 6 atom stereocenters. The minimum absolute atomic E-state index is 0.0172. The van der Waals surface area contributed by atoms with Crippen molar-refractivity contribution in [1.29, 1.82) is 0 Å². The summed E-state index contributed by atoms with van der Waals surface area (Å²) in [5.41, 5.74) is 0.648. The topological polar surface area (TPSA) is 221 Å². The summed E-state index contributed by atoms with van der Waals surface area (Å²) in [5, 5.41) is 107. The molecule has 0 saturated carbocycles. The summed E-state index contributed by atoms with van der Waals surface area (Å²) < 4.78 is 12.4. The number of aliphatic hydroxyl groups is 2. The molecule has 0 spiro atoms. The lowest BCUT2D eigenvalue weighted by molar-refractivity contribution is -0.00587. The Morgan fingerprint density at radius 3 is 1.50 bits per heavy atom. The molecule has 2 aliphatic rings. The normalized spacial score (nSPS) is 24.1. The van der Waals surface area contributed by atoms with Crippen molar-refractivity contribution in [2.75, 3.05) is 0 Å². The Kier molecular flexibility index (Phi) is 6.71. The number of benzene rings is 4. The molecule has 2 heterocycles. The largest absolute Gasteiger partial charge is 0.507 e. The number of ether oxygens (including phenoxy) is 2. The van der Waals surface area contributed by atoms with Crippen molar-refractivity contribution in [3.8, 4) is 57.5 Å². The maximum Gasteiger partial charge on any atom is 0.157 e. The van der Waals surface area contributed by atoms with E-state index in [1.54, 1.807) is 6.92 Å². The van der Waals surface area contributed by atoms with Crippen molar-refractivity contribution in [3.05, 3.63) is 81.9 Å². The first-order valence-electron chi connectivity index (χ1n) is 13.7. The molecule has 0 saturated heterocycles. The second-order valence-corrected chi connectivity index (χ2v) is 11.2. The highest BCUT2D eigenvalue weighted by Crippen LogP contribution is 2.59. The quantitative estimate of drug-likeness (QED) is 0.150. The van der Waals surface area contributed by atoms with Gasteiger partial charge in [-0.1, -0.05) is 19.1 Å². The average Bonchev–Trinajstić information content (AvgIpc) is 2.97. The Balaban J connectivity index is 1.60. The van der Waals surface area contributed by atoms with Crippen LogP contribution in [0.5, 0.6) is 57.5 Å². The Labute approximate surface area is 250 Å². The Morgan fingerprint density at radius 2 is 0.955 bits per heavy atom. The van der Waals surface area contributed by atoms with Crippen molar-refractivity contribution >= 4 is 0 Å². The standard InChI is InChI=1S/C32H30O12/c1-11-17(35)9-21(39)24-26(28(42)31(43-29(11)24)14-4-6-16(34)19(37)8-14)25-22(40)10-20(38)23-12(2)27(41)30(44-32(23)25)13-3-5-15(33)18(36)7-13/h3-10,12,26-28,30-31,33-42H,1-2H3/t12-,26+,27+,28+,30+,31+/m0/s1. The summed E-state index contributed by atoms with van der Waals surface area (Å²) in [6.45, 7) is 3.12. The van der Waals surface area contributed by atoms with Gasteiger partial charge >= 0.3 is 0 Å². The van der Waals surface area contributed by atoms with Gasteiger partial charge in [0, 0.05) is 40.3 Å². The van der Waals surface area contributed by atoms with E-state index in [2.05, 4.69) is 0 Å². The third-order valence-electron chi connectivity index (χ3n) is 8.53. The summed E-state index contributed by atoms with van der Waals surface area (Å²) >= 11 is 0. The average molecular weight is 607 g/mol. The summed E-state index contributed by atoms with van der Waals surface area (Å²) in [5.74, 6) is -5.83. The highest BCUT2D eigenvalue weighted by Gasteiger charge is 2.48. The number of phenolic OH excluding ortho intramolecular Hbond substituents is 8. The molecule has 12 nitrogen and oxygen atoms in total. The summed E-state index contributed by atoms with van der Waals surface area (Å²) in [4.78, 5) is 0. The van der Waals surface area contributed by atoms with Crippen LogP contribution < -0.4 is 9.47 Å². The maximum absolute atomic E-state index is 11.9. The van der Waals surface area contributed by atoms with Gasteiger partial charge in [-0.2, -0.15) is 0 Å². The lowest BCUT2D eigenvalue weighted by atomic mass is 9.75. The van der Waals surface area contributed by atoms with Gasteiger partial charge in [0.2, 0.25) is 0 Å². The van der Waals surface area contributed by atoms with E-state index in [1.165, 1.54) is 43.3 Å². The van der Waals surface area contributed by atoms with Crippen LogP contribution in [0.25, 0.3) is 0 Å². The minimum atomic E-state index is -1.61. The van der Waals surface area contributed by atoms with Crippen LogP contribution >= 0.6 is 0 Å². The minimum Gasteiger partial charge on any atom is -0.507 e. The van der Waals surface area contributed by atoms with Crippen LogP contribution in [0.2, 0.25) is 0 Å². The summed E-state index contributed by atoms with van der Waals surface area (Å²) in [6.07, 6.45) is -5.34. The van der Waals surface area contributed by atoms with Crippen LogP contribution in [-0.4, -0.2) is 63.3 Å². The lowest BCUT2D eigenvalue weighted by Crippen LogP contribution is -2.37. The third kappa shape index (κ3) is 4.29. The van der Waals surface area contributed by atoms with Gasteiger partial charge < -0.3 is 60.5 Å². The van der Waals surface area contributed by atoms with Gasteiger partial charge in [-0.3, -0.25) is 0 Å². The number of hydrogen-bond donors (Lipinski definition) is 10. The number of hydrogen-bond acceptors (Lipinski definition) is 12. The third-order valence-corrected chi connectivity index (χ3v) is 8.53. The fourth-order valence-electron chi connectivity index (χ4n) is 6.19. The summed E-state index contributed by atoms with van der Waals surface area (Å²) in [6, 6.07) is 9.70.